The van der Waals surface area contributed by atoms with E-state index in [0.717, 1.165) is 0 Å². The Balaban J connectivity index is 1.92. The van der Waals surface area contributed by atoms with Gasteiger partial charge in [-0.2, -0.15) is 0 Å². The Morgan fingerprint density at radius 2 is 1.26 bits per heavy atom. The lowest BCUT2D eigenvalue weighted by Crippen LogP contribution is -2.39. The molecule has 130 valence electrons. The molecule has 0 saturated carbocycles. The van der Waals surface area contributed by atoms with E-state index < -0.39 is 36.0 Å². The summed E-state index contributed by atoms with van der Waals surface area (Å²) in [6.07, 6.45) is 2.87. The maximum Gasteiger partial charge on any atom is 0.312 e. The van der Waals surface area contributed by atoms with Crippen molar-refractivity contribution in [1.29, 1.82) is 0 Å². The molecule has 7 heteroatoms. The van der Waals surface area contributed by atoms with Crippen molar-refractivity contribution in [3.63, 3.8) is 0 Å². The van der Waals surface area contributed by atoms with Crippen molar-refractivity contribution in [2.45, 2.75) is 12.2 Å². The summed E-state index contributed by atoms with van der Waals surface area (Å²) >= 11 is 0. The van der Waals surface area contributed by atoms with E-state index in [1.807, 2.05) is 50.1 Å². The second-order valence-corrected chi connectivity index (χ2v) is 6.44. The van der Waals surface area contributed by atoms with Gasteiger partial charge in [0.05, 0.1) is 12.2 Å². The van der Waals surface area contributed by atoms with E-state index >= 15 is 0 Å². The number of esters is 2. The average Bonchev–Trinajstić information content (AvgIpc) is 3.06. The lowest BCUT2D eigenvalue weighted by atomic mass is 9.83. The maximum absolute atomic E-state index is 12.3. The molecule has 23 heavy (non-hydrogen) atoms. The predicted molar refractivity (Wildman–Crippen MR) is 83.8 cm³/mol. The van der Waals surface area contributed by atoms with Gasteiger partial charge in [-0.3, -0.25) is 9.59 Å². The Hall–Kier alpha value is -1.44. The number of carbonyl (C=O) groups is 2. The lowest BCUT2D eigenvalue weighted by molar-refractivity contribution is -0.160. The number of fused-ring (bicyclic) bond motifs is 2. The molecule has 0 unspecified atom stereocenters. The third-order valence-electron chi connectivity index (χ3n) is 4.01. The van der Waals surface area contributed by atoms with Gasteiger partial charge in [-0.1, -0.05) is 12.2 Å². The molecule has 0 aromatic rings. The summed E-state index contributed by atoms with van der Waals surface area (Å²) in [5.41, 5.74) is 0. The van der Waals surface area contributed by atoms with E-state index in [0.29, 0.717) is 26.3 Å². The fourth-order valence-corrected chi connectivity index (χ4v) is 2.72. The molecule has 2 aliphatic heterocycles. The summed E-state index contributed by atoms with van der Waals surface area (Å²) in [4.78, 5) is 28.5. The van der Waals surface area contributed by atoms with Crippen molar-refractivity contribution in [2.75, 3.05) is 54.5 Å². The fourth-order valence-electron chi connectivity index (χ4n) is 2.72. The molecule has 0 spiro atoms. The van der Waals surface area contributed by atoms with Gasteiger partial charge in [0.2, 0.25) is 0 Å². The minimum absolute atomic E-state index is 0.297. The molecule has 0 aromatic carbocycles. The first kappa shape index (κ1) is 17.9. The highest BCUT2D eigenvalue weighted by molar-refractivity contribution is 5.85. The molecule has 1 fully saturated rings. The maximum atomic E-state index is 12.3. The Morgan fingerprint density at radius 3 is 1.61 bits per heavy atom. The Morgan fingerprint density at radius 1 is 0.870 bits per heavy atom. The molecule has 2 bridgehead atoms. The van der Waals surface area contributed by atoms with Crippen LogP contribution >= 0.6 is 0 Å². The Labute approximate surface area is 137 Å². The second-order valence-electron chi connectivity index (χ2n) is 6.44. The smallest absolute Gasteiger partial charge is 0.312 e. The summed E-state index contributed by atoms with van der Waals surface area (Å²) in [7, 11) is 7.62. The van der Waals surface area contributed by atoms with E-state index in [9.17, 15) is 9.59 Å². The zero-order valence-corrected chi connectivity index (χ0v) is 14.2. The number of likely N-dealkylation sites (N-methyl/N-ethyl adjacent to an activating group) is 2. The third kappa shape index (κ3) is 4.53. The summed E-state index contributed by atoms with van der Waals surface area (Å²) in [5.74, 6) is -2.01. The van der Waals surface area contributed by atoms with Gasteiger partial charge >= 0.3 is 11.9 Å². The minimum Gasteiger partial charge on any atom is -0.464 e. The molecule has 2 heterocycles. The zero-order valence-electron chi connectivity index (χ0n) is 14.2. The van der Waals surface area contributed by atoms with Crippen molar-refractivity contribution >= 4 is 11.9 Å². The van der Waals surface area contributed by atoms with Gasteiger partial charge in [0.25, 0.3) is 0 Å². The van der Waals surface area contributed by atoms with Crippen LogP contribution in [0.2, 0.25) is 0 Å². The highest BCUT2D eigenvalue weighted by Gasteiger charge is 2.54. The van der Waals surface area contributed by atoms with Gasteiger partial charge < -0.3 is 24.0 Å². The first-order chi connectivity index (χ1) is 10.9. The molecule has 2 rings (SSSR count). The minimum atomic E-state index is -0.612. The zero-order chi connectivity index (χ0) is 17.0. The number of nitrogens with zero attached hydrogens (tertiary/aromatic N) is 2. The molecule has 2 aliphatic rings. The molecule has 0 N–H and O–H groups in total. The number of rotatable bonds is 8. The second kappa shape index (κ2) is 7.90. The molecule has 4 atom stereocenters. The molecule has 0 aliphatic carbocycles. The van der Waals surface area contributed by atoms with Gasteiger partial charge in [0, 0.05) is 13.1 Å². The van der Waals surface area contributed by atoms with Crippen molar-refractivity contribution in [3.8, 4) is 0 Å². The lowest BCUT2D eigenvalue weighted by Gasteiger charge is -2.23. The van der Waals surface area contributed by atoms with Crippen LogP contribution in [0.4, 0.5) is 0 Å². The van der Waals surface area contributed by atoms with Crippen LogP contribution in [0.15, 0.2) is 12.2 Å². The molecule has 1 saturated heterocycles. The van der Waals surface area contributed by atoms with E-state index in [4.69, 9.17) is 14.2 Å². The molecule has 0 radical (unpaired) electrons. The predicted octanol–water partition coefficient (Wildman–Crippen LogP) is -0.234. The van der Waals surface area contributed by atoms with Crippen molar-refractivity contribution in [1.82, 2.24) is 9.80 Å². The van der Waals surface area contributed by atoms with Crippen LogP contribution in [0.1, 0.15) is 0 Å². The quantitative estimate of drug-likeness (QED) is 0.451. The largest absolute Gasteiger partial charge is 0.464 e. The standard InChI is InChI=1S/C16H26N2O5/c1-17(2)7-9-21-15(19)13-11-5-6-12(23-11)14(13)16(20)22-10-8-18(3)4/h5-6,11-14H,7-10H2,1-4H3/t11-,12+,13+,14-. The topological polar surface area (TPSA) is 68.3 Å². The van der Waals surface area contributed by atoms with Crippen LogP contribution in [-0.4, -0.2) is 88.4 Å². The van der Waals surface area contributed by atoms with Gasteiger partial charge in [-0.25, -0.2) is 0 Å². The van der Waals surface area contributed by atoms with Crippen LogP contribution in [0, 0.1) is 11.8 Å². The van der Waals surface area contributed by atoms with Crippen molar-refractivity contribution < 1.29 is 23.8 Å². The molecule has 0 aromatic heterocycles. The van der Waals surface area contributed by atoms with Crippen LogP contribution in [0.25, 0.3) is 0 Å². The Bertz CT molecular complexity index is 423. The van der Waals surface area contributed by atoms with Crippen LogP contribution in [-0.2, 0) is 23.8 Å². The van der Waals surface area contributed by atoms with Crippen molar-refractivity contribution in [3.05, 3.63) is 12.2 Å². The normalized spacial score (nSPS) is 28.6. The van der Waals surface area contributed by atoms with E-state index in [1.165, 1.54) is 0 Å². The highest BCUT2D eigenvalue weighted by atomic mass is 16.6. The number of ether oxygens (including phenoxy) is 3. The van der Waals surface area contributed by atoms with Crippen LogP contribution in [0.3, 0.4) is 0 Å². The average molecular weight is 326 g/mol. The third-order valence-corrected chi connectivity index (χ3v) is 4.01. The van der Waals surface area contributed by atoms with E-state index in [2.05, 4.69) is 0 Å². The Kier molecular flexibility index (Phi) is 6.15. The first-order valence-electron chi connectivity index (χ1n) is 7.86. The SMILES string of the molecule is CN(C)CCOC(=O)[C@@H]1[C@H](C(=O)OCCN(C)C)[C@@H]2C=C[C@H]1O2. The van der Waals surface area contributed by atoms with Crippen LogP contribution < -0.4 is 0 Å². The fraction of sp³-hybridized carbons (Fsp3) is 0.750. The molecular weight excluding hydrogens is 300 g/mol. The number of hydrogen-bond donors (Lipinski definition) is 0. The number of hydrogen-bond acceptors (Lipinski definition) is 7. The summed E-state index contributed by atoms with van der Waals surface area (Å²) in [6.45, 7) is 1.88. The van der Waals surface area contributed by atoms with Gasteiger partial charge in [-0.05, 0) is 28.2 Å². The highest BCUT2D eigenvalue weighted by Crippen LogP contribution is 2.40. The summed E-state index contributed by atoms with van der Waals surface area (Å²) in [6, 6.07) is 0. The molecular formula is C16H26N2O5. The van der Waals surface area contributed by atoms with Gasteiger partial charge in [0.15, 0.2) is 0 Å². The van der Waals surface area contributed by atoms with Gasteiger partial charge in [0.1, 0.15) is 25.0 Å². The van der Waals surface area contributed by atoms with E-state index in [-0.39, 0.29) is 0 Å². The monoisotopic (exact) mass is 326 g/mol. The van der Waals surface area contributed by atoms with E-state index in [1.54, 1.807) is 0 Å². The summed E-state index contributed by atoms with van der Waals surface area (Å²) in [5, 5.41) is 0. The first-order valence-corrected chi connectivity index (χ1v) is 7.86. The number of carbonyl (C=O) groups excluding carboxylic acids is 2. The molecule has 7 nitrogen and oxygen atoms in total. The van der Waals surface area contributed by atoms with Crippen LogP contribution in [0.5, 0.6) is 0 Å². The molecule has 0 amide bonds. The van der Waals surface area contributed by atoms with Crippen molar-refractivity contribution in [2.24, 2.45) is 11.8 Å². The van der Waals surface area contributed by atoms with Gasteiger partial charge in [-0.15, -0.1) is 0 Å². The summed E-state index contributed by atoms with van der Waals surface area (Å²) < 4.78 is 16.3.